The third-order valence-corrected chi connectivity index (χ3v) is 3.06. The molecule has 0 aromatic carbocycles. The van der Waals surface area contributed by atoms with Crippen molar-refractivity contribution in [2.45, 2.75) is 13.8 Å². The molecule has 0 spiro atoms. The molecule has 0 aliphatic carbocycles. The summed E-state index contributed by atoms with van der Waals surface area (Å²) in [6.07, 6.45) is 3.11. The lowest BCUT2D eigenvalue weighted by atomic mass is 9.94. The first kappa shape index (κ1) is 13.4. The lowest BCUT2D eigenvalue weighted by molar-refractivity contribution is -0.146. The molecule has 2 N–H and O–H groups in total. The molecule has 5 heteroatoms. The summed E-state index contributed by atoms with van der Waals surface area (Å²) in [5.41, 5.74) is -0.952. The summed E-state index contributed by atoms with van der Waals surface area (Å²) in [6, 6.07) is 3.80. The number of carbonyl (C=O) groups excluding carboxylic acids is 1. The van der Waals surface area contributed by atoms with Crippen molar-refractivity contribution >= 4 is 29.3 Å². The first-order valence-corrected chi connectivity index (χ1v) is 6.02. The average Bonchev–Trinajstić information content (AvgIpc) is 2.76. The van der Waals surface area contributed by atoms with Crippen molar-refractivity contribution in [2.75, 3.05) is 6.54 Å². The second kappa shape index (κ2) is 5.63. The van der Waals surface area contributed by atoms with Crippen LogP contribution in [0, 0.1) is 5.41 Å². The Morgan fingerprint density at radius 2 is 2.24 bits per heavy atom. The summed E-state index contributed by atoms with van der Waals surface area (Å²) in [5.74, 6) is -1.22. The fourth-order valence-electron chi connectivity index (χ4n) is 0.987. The zero-order valence-electron chi connectivity index (χ0n) is 9.77. The topological polar surface area (TPSA) is 66.4 Å². The van der Waals surface area contributed by atoms with Crippen LogP contribution in [0.3, 0.4) is 0 Å². The molecule has 1 heterocycles. The van der Waals surface area contributed by atoms with Crippen molar-refractivity contribution in [3.8, 4) is 0 Å². The highest BCUT2D eigenvalue weighted by Gasteiger charge is 2.27. The minimum Gasteiger partial charge on any atom is -0.481 e. The molecule has 17 heavy (non-hydrogen) atoms. The van der Waals surface area contributed by atoms with Gasteiger partial charge in [-0.05, 0) is 31.4 Å². The maximum atomic E-state index is 11.4. The number of hydrogen-bond donors (Lipinski definition) is 2. The molecule has 0 fully saturated rings. The number of amides is 1. The van der Waals surface area contributed by atoms with Crippen LogP contribution in [-0.2, 0) is 9.59 Å². The lowest BCUT2D eigenvalue weighted by Crippen LogP contribution is -2.38. The molecule has 0 atom stereocenters. The van der Waals surface area contributed by atoms with Gasteiger partial charge in [0, 0.05) is 17.5 Å². The molecule has 1 rings (SSSR count). The minimum atomic E-state index is -0.952. The Hall–Kier alpha value is -1.62. The average molecular weight is 253 g/mol. The Labute approximate surface area is 104 Å². The Kier molecular flexibility index (Phi) is 4.45. The minimum absolute atomic E-state index is 0.107. The van der Waals surface area contributed by atoms with E-state index in [4.69, 9.17) is 5.11 Å². The molecule has 0 unspecified atom stereocenters. The standard InChI is InChI=1S/C12H15NO3S/c1-12(2,11(15)16)8-13-10(14)6-5-9-4-3-7-17-9/h3-7H,8H2,1-2H3,(H,13,14)(H,15,16)/b6-5+. The number of carboxylic acids is 1. The van der Waals surface area contributed by atoms with Gasteiger partial charge in [-0.1, -0.05) is 6.07 Å². The van der Waals surface area contributed by atoms with Gasteiger partial charge < -0.3 is 10.4 Å². The van der Waals surface area contributed by atoms with Crippen LogP contribution in [0.2, 0.25) is 0 Å². The molecule has 1 aromatic heterocycles. The second-order valence-corrected chi connectivity index (χ2v) is 5.23. The van der Waals surface area contributed by atoms with Crippen molar-refractivity contribution < 1.29 is 14.7 Å². The van der Waals surface area contributed by atoms with Gasteiger partial charge in [-0.15, -0.1) is 11.3 Å². The van der Waals surface area contributed by atoms with E-state index in [2.05, 4.69) is 5.32 Å². The van der Waals surface area contributed by atoms with Crippen LogP contribution in [0.1, 0.15) is 18.7 Å². The monoisotopic (exact) mass is 253 g/mol. The fourth-order valence-corrected chi connectivity index (χ4v) is 1.60. The predicted molar refractivity (Wildman–Crippen MR) is 67.8 cm³/mol. The maximum Gasteiger partial charge on any atom is 0.310 e. The van der Waals surface area contributed by atoms with E-state index >= 15 is 0 Å². The zero-order chi connectivity index (χ0) is 12.9. The first-order chi connectivity index (χ1) is 7.92. The molecular weight excluding hydrogens is 238 g/mol. The Bertz CT molecular complexity index is 421. The molecule has 0 aliphatic rings. The van der Waals surface area contributed by atoms with Crippen LogP contribution in [0.5, 0.6) is 0 Å². The zero-order valence-corrected chi connectivity index (χ0v) is 10.6. The second-order valence-electron chi connectivity index (χ2n) is 4.26. The number of rotatable bonds is 5. The number of nitrogens with one attached hydrogen (secondary N) is 1. The fraction of sp³-hybridized carbons (Fsp3) is 0.333. The number of carboxylic acid groups (broad SMARTS) is 1. The first-order valence-electron chi connectivity index (χ1n) is 5.14. The smallest absolute Gasteiger partial charge is 0.310 e. The molecule has 92 valence electrons. The van der Waals surface area contributed by atoms with Gasteiger partial charge in [-0.2, -0.15) is 0 Å². The summed E-state index contributed by atoms with van der Waals surface area (Å²) in [6.45, 7) is 3.24. The van der Waals surface area contributed by atoms with Gasteiger partial charge >= 0.3 is 5.97 Å². The van der Waals surface area contributed by atoms with E-state index in [0.29, 0.717) is 0 Å². The summed E-state index contributed by atoms with van der Waals surface area (Å²) in [7, 11) is 0. The van der Waals surface area contributed by atoms with Gasteiger partial charge in [0.25, 0.3) is 0 Å². The summed E-state index contributed by atoms with van der Waals surface area (Å²) >= 11 is 1.53. The molecule has 0 saturated carbocycles. The quantitative estimate of drug-likeness (QED) is 0.789. The van der Waals surface area contributed by atoms with Crippen LogP contribution >= 0.6 is 11.3 Å². The molecule has 0 aliphatic heterocycles. The van der Waals surface area contributed by atoms with Gasteiger partial charge in [0.05, 0.1) is 5.41 Å². The Morgan fingerprint density at radius 3 is 2.76 bits per heavy atom. The van der Waals surface area contributed by atoms with Gasteiger partial charge in [-0.25, -0.2) is 0 Å². The molecule has 4 nitrogen and oxygen atoms in total. The van der Waals surface area contributed by atoms with E-state index in [0.717, 1.165) is 4.88 Å². The van der Waals surface area contributed by atoms with Gasteiger partial charge in [-0.3, -0.25) is 9.59 Å². The van der Waals surface area contributed by atoms with Crippen LogP contribution in [-0.4, -0.2) is 23.5 Å². The van der Waals surface area contributed by atoms with E-state index < -0.39 is 11.4 Å². The van der Waals surface area contributed by atoms with Gasteiger partial charge in [0.15, 0.2) is 0 Å². The van der Waals surface area contributed by atoms with E-state index in [1.807, 2.05) is 17.5 Å². The predicted octanol–water partition coefficient (Wildman–Crippen LogP) is 1.99. The van der Waals surface area contributed by atoms with Crippen molar-refractivity contribution in [3.63, 3.8) is 0 Å². The SMILES string of the molecule is CC(C)(CNC(=O)/C=C/c1cccs1)C(=O)O. The van der Waals surface area contributed by atoms with E-state index in [9.17, 15) is 9.59 Å². The number of thiophene rings is 1. The highest BCUT2D eigenvalue weighted by atomic mass is 32.1. The van der Waals surface area contributed by atoms with Crippen LogP contribution in [0.25, 0.3) is 6.08 Å². The van der Waals surface area contributed by atoms with Gasteiger partial charge in [0.1, 0.15) is 0 Å². The van der Waals surface area contributed by atoms with E-state index in [1.54, 1.807) is 19.9 Å². The molecular formula is C12H15NO3S. The van der Waals surface area contributed by atoms with Crippen LogP contribution in [0.15, 0.2) is 23.6 Å². The number of aliphatic carboxylic acids is 1. The van der Waals surface area contributed by atoms with Crippen LogP contribution < -0.4 is 5.32 Å². The van der Waals surface area contributed by atoms with E-state index in [1.165, 1.54) is 17.4 Å². The van der Waals surface area contributed by atoms with Crippen LogP contribution in [0.4, 0.5) is 0 Å². The van der Waals surface area contributed by atoms with Crippen molar-refractivity contribution in [2.24, 2.45) is 5.41 Å². The summed E-state index contributed by atoms with van der Waals surface area (Å²) in [4.78, 5) is 23.2. The third kappa shape index (κ3) is 4.40. The summed E-state index contributed by atoms with van der Waals surface area (Å²) in [5, 5.41) is 13.4. The lowest BCUT2D eigenvalue weighted by Gasteiger charge is -2.18. The number of hydrogen-bond acceptors (Lipinski definition) is 3. The van der Waals surface area contributed by atoms with E-state index in [-0.39, 0.29) is 12.5 Å². The van der Waals surface area contributed by atoms with Gasteiger partial charge in [0.2, 0.25) is 5.91 Å². The Morgan fingerprint density at radius 1 is 1.53 bits per heavy atom. The normalized spacial score (nSPS) is 11.6. The molecule has 1 aromatic rings. The molecule has 1 amide bonds. The molecule has 0 bridgehead atoms. The highest BCUT2D eigenvalue weighted by molar-refractivity contribution is 7.10. The maximum absolute atomic E-state index is 11.4. The summed E-state index contributed by atoms with van der Waals surface area (Å²) < 4.78 is 0. The highest BCUT2D eigenvalue weighted by Crippen LogP contribution is 2.13. The molecule has 0 saturated heterocycles. The Balaban J connectivity index is 2.43. The number of carbonyl (C=O) groups is 2. The van der Waals surface area contributed by atoms with Crippen molar-refractivity contribution in [1.82, 2.24) is 5.32 Å². The van der Waals surface area contributed by atoms with Crippen molar-refractivity contribution in [3.05, 3.63) is 28.5 Å². The largest absolute Gasteiger partial charge is 0.481 e. The third-order valence-electron chi connectivity index (χ3n) is 2.23. The molecule has 0 radical (unpaired) electrons. The van der Waals surface area contributed by atoms with Crippen molar-refractivity contribution in [1.29, 1.82) is 0 Å².